The molecule has 1 aliphatic rings. The Bertz CT molecular complexity index is 965. The third-order valence-corrected chi connectivity index (χ3v) is 5.58. The number of benzene rings is 2. The highest BCUT2D eigenvalue weighted by molar-refractivity contribution is 9.10. The van der Waals surface area contributed by atoms with Gasteiger partial charge in [0, 0.05) is 38.3 Å². The number of β-amino-alcohol motifs (C(OH)–C–C–N with tert-alkyl or cyclic N) is 1. The second kappa shape index (κ2) is 7.07. The maximum absolute atomic E-state index is 13.3. The normalized spacial score (nSPS) is 19.6. The summed E-state index contributed by atoms with van der Waals surface area (Å²) in [6.45, 7) is 0.0925. The first-order chi connectivity index (χ1) is 13.0. The van der Waals surface area contributed by atoms with Crippen molar-refractivity contribution in [3.05, 3.63) is 87.6 Å². The molecular formula is C20H15Br2N3O2. The van der Waals surface area contributed by atoms with Crippen LogP contribution in [0.2, 0.25) is 0 Å². The second-order valence-corrected chi connectivity index (χ2v) is 8.05. The highest BCUT2D eigenvalue weighted by atomic mass is 79.9. The van der Waals surface area contributed by atoms with Crippen molar-refractivity contribution >= 4 is 49.3 Å². The van der Waals surface area contributed by atoms with Crippen LogP contribution in [-0.2, 0) is 5.72 Å². The Morgan fingerprint density at radius 1 is 0.926 bits per heavy atom. The number of pyridine rings is 1. The fourth-order valence-electron chi connectivity index (χ4n) is 3.19. The summed E-state index contributed by atoms with van der Waals surface area (Å²) in [5, 5.41) is 11.6. The van der Waals surface area contributed by atoms with E-state index < -0.39 is 5.72 Å². The van der Waals surface area contributed by atoms with Gasteiger partial charge in [-0.25, -0.2) is 4.79 Å². The van der Waals surface area contributed by atoms with E-state index in [1.807, 2.05) is 36.4 Å². The molecule has 1 aliphatic heterocycles. The molecule has 0 spiro atoms. The van der Waals surface area contributed by atoms with Crippen molar-refractivity contribution in [3.63, 3.8) is 0 Å². The quantitative estimate of drug-likeness (QED) is 0.570. The zero-order chi connectivity index (χ0) is 19.0. The molecular weight excluding hydrogens is 474 g/mol. The fourth-order valence-corrected chi connectivity index (χ4v) is 3.72. The van der Waals surface area contributed by atoms with E-state index in [0.29, 0.717) is 16.9 Å². The van der Waals surface area contributed by atoms with E-state index in [-0.39, 0.29) is 12.6 Å². The van der Waals surface area contributed by atoms with Gasteiger partial charge >= 0.3 is 6.03 Å². The van der Waals surface area contributed by atoms with E-state index in [2.05, 4.69) is 36.8 Å². The lowest BCUT2D eigenvalue weighted by Crippen LogP contribution is -2.44. The topological polar surface area (TPSA) is 56.7 Å². The third kappa shape index (κ3) is 3.26. The first kappa shape index (κ1) is 18.2. The van der Waals surface area contributed by atoms with E-state index in [1.165, 1.54) is 4.90 Å². The maximum atomic E-state index is 13.3. The van der Waals surface area contributed by atoms with Crippen molar-refractivity contribution < 1.29 is 9.90 Å². The monoisotopic (exact) mass is 487 g/mol. The van der Waals surface area contributed by atoms with Crippen LogP contribution in [0.25, 0.3) is 0 Å². The summed E-state index contributed by atoms with van der Waals surface area (Å²) < 4.78 is 1.82. The van der Waals surface area contributed by atoms with E-state index in [4.69, 9.17) is 0 Å². The Kier molecular flexibility index (Phi) is 4.75. The Balaban J connectivity index is 1.83. The smallest absolute Gasteiger partial charge is 0.331 e. The Hall–Kier alpha value is -2.22. The lowest BCUT2D eigenvalue weighted by Gasteiger charge is -2.31. The summed E-state index contributed by atoms with van der Waals surface area (Å²) in [6, 6.07) is 17.9. The predicted molar refractivity (Wildman–Crippen MR) is 112 cm³/mol. The van der Waals surface area contributed by atoms with Gasteiger partial charge in [0.1, 0.15) is 0 Å². The first-order valence-corrected chi connectivity index (χ1v) is 9.83. The summed E-state index contributed by atoms with van der Waals surface area (Å²) >= 11 is 6.81. The molecule has 1 saturated heterocycles. The van der Waals surface area contributed by atoms with Crippen molar-refractivity contribution in [2.24, 2.45) is 0 Å². The Morgan fingerprint density at radius 2 is 1.52 bits per heavy atom. The highest BCUT2D eigenvalue weighted by Crippen LogP contribution is 2.40. The van der Waals surface area contributed by atoms with Crippen LogP contribution < -0.4 is 9.80 Å². The second-order valence-electron chi connectivity index (χ2n) is 6.22. The first-order valence-electron chi connectivity index (χ1n) is 8.25. The van der Waals surface area contributed by atoms with Crippen LogP contribution in [-0.4, -0.2) is 22.7 Å². The van der Waals surface area contributed by atoms with Crippen molar-refractivity contribution in [2.75, 3.05) is 16.3 Å². The molecule has 4 rings (SSSR count). The number of amides is 2. The molecule has 1 fully saturated rings. The minimum Gasteiger partial charge on any atom is -0.365 e. The minimum absolute atomic E-state index is 0.0925. The summed E-state index contributed by atoms with van der Waals surface area (Å²) in [5.41, 5.74) is 0.340. The number of rotatable bonds is 3. The maximum Gasteiger partial charge on any atom is 0.331 e. The number of hydrogen-bond donors (Lipinski definition) is 1. The number of halogens is 2. The van der Waals surface area contributed by atoms with Gasteiger partial charge in [-0.3, -0.25) is 14.8 Å². The number of nitrogens with zero attached hydrogens (tertiary/aromatic N) is 3. The van der Waals surface area contributed by atoms with Crippen LogP contribution >= 0.6 is 31.9 Å². The van der Waals surface area contributed by atoms with Gasteiger partial charge in [0.05, 0.1) is 6.54 Å². The molecule has 1 unspecified atom stereocenters. The van der Waals surface area contributed by atoms with Gasteiger partial charge in [0.2, 0.25) is 0 Å². The number of carbonyl (C=O) groups is 1. The van der Waals surface area contributed by atoms with Gasteiger partial charge in [0.15, 0.2) is 5.72 Å². The number of hydrogen-bond acceptors (Lipinski definition) is 3. The number of anilines is 2. The molecule has 2 heterocycles. The SMILES string of the molecule is O=C1N(c2ccc(Br)cc2)CC(O)(c2cccnc2)N1c1ccc(Br)cc1. The Morgan fingerprint density at radius 3 is 2.07 bits per heavy atom. The van der Waals surface area contributed by atoms with E-state index >= 15 is 0 Å². The van der Waals surface area contributed by atoms with Gasteiger partial charge in [-0.1, -0.05) is 37.9 Å². The van der Waals surface area contributed by atoms with Crippen molar-refractivity contribution in [1.29, 1.82) is 0 Å². The Labute approximate surface area is 173 Å². The van der Waals surface area contributed by atoms with E-state index in [9.17, 15) is 9.90 Å². The van der Waals surface area contributed by atoms with Crippen molar-refractivity contribution in [3.8, 4) is 0 Å². The number of carbonyl (C=O) groups excluding carboxylic acids is 1. The van der Waals surface area contributed by atoms with Gasteiger partial charge in [0.25, 0.3) is 0 Å². The van der Waals surface area contributed by atoms with Gasteiger partial charge in [-0.15, -0.1) is 0 Å². The molecule has 1 atom stereocenters. The number of aromatic nitrogens is 1. The molecule has 5 nitrogen and oxygen atoms in total. The molecule has 27 heavy (non-hydrogen) atoms. The highest BCUT2D eigenvalue weighted by Gasteiger charge is 2.51. The zero-order valence-corrected chi connectivity index (χ0v) is 17.3. The van der Waals surface area contributed by atoms with Crippen LogP contribution in [0.3, 0.4) is 0 Å². The molecule has 2 aromatic carbocycles. The van der Waals surface area contributed by atoms with Crippen molar-refractivity contribution in [1.82, 2.24) is 4.98 Å². The molecule has 0 bridgehead atoms. The van der Waals surface area contributed by atoms with Gasteiger partial charge < -0.3 is 5.11 Å². The van der Waals surface area contributed by atoms with Gasteiger partial charge in [-0.05, 0) is 54.6 Å². The molecule has 0 saturated carbocycles. The standard InChI is InChI=1S/C20H15Br2N3O2/c21-15-3-7-17(8-4-15)24-13-20(27,14-2-1-11-23-12-14)25(19(24)26)18-9-5-16(22)6-10-18/h1-12,27H,13H2. The predicted octanol–water partition coefficient (Wildman–Crippen LogP) is 4.90. The molecule has 1 aromatic heterocycles. The summed E-state index contributed by atoms with van der Waals surface area (Å²) in [6.07, 6.45) is 3.23. The van der Waals surface area contributed by atoms with Crippen LogP contribution in [0.1, 0.15) is 5.56 Å². The number of urea groups is 1. The summed E-state index contributed by atoms with van der Waals surface area (Å²) in [5.74, 6) is 0. The van der Waals surface area contributed by atoms with Crippen LogP contribution in [0, 0.1) is 0 Å². The molecule has 0 radical (unpaired) electrons. The van der Waals surface area contributed by atoms with Crippen LogP contribution in [0.15, 0.2) is 82.0 Å². The fraction of sp³-hybridized carbons (Fsp3) is 0.100. The van der Waals surface area contributed by atoms with E-state index in [1.54, 1.807) is 41.6 Å². The molecule has 2 amide bonds. The zero-order valence-electron chi connectivity index (χ0n) is 14.1. The summed E-state index contributed by atoms with van der Waals surface area (Å²) in [7, 11) is 0. The lowest BCUT2D eigenvalue weighted by molar-refractivity contribution is 0.0652. The average molecular weight is 489 g/mol. The van der Waals surface area contributed by atoms with Crippen molar-refractivity contribution in [2.45, 2.75) is 5.72 Å². The molecule has 1 N–H and O–H groups in total. The van der Waals surface area contributed by atoms with Crippen LogP contribution in [0.5, 0.6) is 0 Å². The average Bonchev–Trinajstić information content (AvgIpc) is 2.96. The lowest BCUT2D eigenvalue weighted by atomic mass is 10.0. The third-order valence-electron chi connectivity index (χ3n) is 4.52. The molecule has 136 valence electrons. The molecule has 7 heteroatoms. The molecule has 0 aliphatic carbocycles. The molecule has 3 aromatic rings. The largest absolute Gasteiger partial charge is 0.365 e. The minimum atomic E-state index is -1.54. The van der Waals surface area contributed by atoms with E-state index in [0.717, 1.165) is 8.95 Å². The van der Waals surface area contributed by atoms with Crippen LogP contribution in [0.4, 0.5) is 16.2 Å². The van der Waals surface area contributed by atoms with Gasteiger partial charge in [-0.2, -0.15) is 0 Å². The summed E-state index contributed by atoms with van der Waals surface area (Å²) in [4.78, 5) is 20.4. The number of aliphatic hydroxyl groups is 1.